The van der Waals surface area contributed by atoms with Crippen LogP contribution in [0.2, 0.25) is 0 Å². The van der Waals surface area contributed by atoms with Crippen LogP contribution in [0.15, 0.2) is 255 Å². The molecular weight excluding hydrogens is 917 g/mol. The van der Waals surface area contributed by atoms with Gasteiger partial charge in [-0.2, -0.15) is 0 Å². The molecule has 0 saturated heterocycles. The van der Waals surface area contributed by atoms with Gasteiger partial charge in [0.2, 0.25) is 0 Å². The number of hydrogen-bond acceptors (Lipinski definition) is 1. The first-order chi connectivity index (χ1) is 37.5. The van der Waals surface area contributed by atoms with Crippen molar-refractivity contribution in [2.75, 3.05) is 4.90 Å². The lowest BCUT2D eigenvalue weighted by atomic mass is 9.65. The van der Waals surface area contributed by atoms with Gasteiger partial charge in [-0.1, -0.05) is 199 Å². The molecule has 0 fully saturated rings. The van der Waals surface area contributed by atoms with Gasteiger partial charge >= 0.3 is 0 Å². The lowest BCUT2D eigenvalue weighted by Crippen LogP contribution is -2.33. The summed E-state index contributed by atoms with van der Waals surface area (Å²) in [6.45, 7) is 4.49. The van der Waals surface area contributed by atoms with Gasteiger partial charge in [0.1, 0.15) is 0 Å². The van der Waals surface area contributed by atoms with E-state index in [1.165, 1.54) is 138 Å². The molecule has 1 aliphatic heterocycles. The van der Waals surface area contributed by atoms with Gasteiger partial charge in [0.25, 0.3) is 0 Å². The van der Waals surface area contributed by atoms with E-state index in [-0.39, 0.29) is 0 Å². The molecule has 2 nitrogen and oxygen atoms in total. The Morgan fingerprint density at radius 3 is 1.41 bits per heavy atom. The smallest absolute Gasteiger partial charge is 0.0754 e. The van der Waals surface area contributed by atoms with Crippen molar-refractivity contribution in [3.05, 3.63) is 310 Å². The van der Waals surface area contributed by atoms with Gasteiger partial charge < -0.3 is 9.47 Å². The van der Waals surface area contributed by atoms with Crippen LogP contribution in [0, 0.1) is 13.8 Å². The molecule has 2 heteroatoms. The largest absolute Gasteiger partial charge is 0.310 e. The third-order valence-corrected chi connectivity index (χ3v) is 17.8. The van der Waals surface area contributed by atoms with E-state index >= 15 is 0 Å². The number of fused-ring (bicyclic) bond motifs is 23. The van der Waals surface area contributed by atoms with Crippen LogP contribution in [0.5, 0.6) is 0 Å². The van der Waals surface area contributed by atoms with Crippen LogP contribution in [-0.2, 0) is 10.8 Å². The Morgan fingerprint density at radius 2 is 0.789 bits per heavy atom. The van der Waals surface area contributed by atoms with Gasteiger partial charge in [-0.25, -0.2) is 0 Å². The fraction of sp³-hybridized carbons (Fsp3) is 0.0541. The van der Waals surface area contributed by atoms with Crippen molar-refractivity contribution in [3.63, 3.8) is 0 Å². The zero-order valence-electron chi connectivity index (χ0n) is 42.1. The second kappa shape index (κ2) is 15.1. The minimum absolute atomic E-state index is 0.449. The molecule has 13 aromatic rings. The van der Waals surface area contributed by atoms with Gasteiger partial charge in [-0.05, 0) is 180 Å². The fourth-order valence-corrected chi connectivity index (χ4v) is 14.9. The van der Waals surface area contributed by atoms with Crippen LogP contribution in [-0.4, -0.2) is 4.57 Å². The molecule has 12 aromatic carbocycles. The first-order valence-corrected chi connectivity index (χ1v) is 26.7. The van der Waals surface area contributed by atoms with Gasteiger partial charge in [-0.15, -0.1) is 0 Å². The average molecular weight is 965 g/mol. The maximum atomic E-state index is 2.57. The Kier molecular flexibility index (Phi) is 8.31. The normalized spacial score (nSPS) is 14.1. The molecule has 0 amide bonds. The second-order valence-electron chi connectivity index (χ2n) is 21.7. The Bertz CT molecular complexity index is 4570. The van der Waals surface area contributed by atoms with E-state index in [4.69, 9.17) is 0 Å². The third kappa shape index (κ3) is 5.25. The molecule has 0 bridgehead atoms. The lowest BCUT2D eigenvalue weighted by Gasteiger charge is -2.40. The van der Waals surface area contributed by atoms with E-state index in [1.54, 1.807) is 0 Å². The highest BCUT2D eigenvalue weighted by atomic mass is 15.1. The predicted octanol–water partition coefficient (Wildman–Crippen LogP) is 18.7. The number of rotatable bonds is 4. The van der Waals surface area contributed by atoms with Gasteiger partial charge in [0.15, 0.2) is 0 Å². The van der Waals surface area contributed by atoms with Crippen LogP contribution in [0.1, 0.15) is 55.6 Å². The third-order valence-electron chi connectivity index (χ3n) is 17.8. The maximum absolute atomic E-state index is 2.57. The van der Waals surface area contributed by atoms with Crippen molar-refractivity contribution >= 4 is 49.6 Å². The molecule has 17 rings (SSSR count). The van der Waals surface area contributed by atoms with E-state index in [0.717, 1.165) is 17.1 Å². The quantitative estimate of drug-likeness (QED) is 0.171. The Hall–Kier alpha value is -9.50. The van der Waals surface area contributed by atoms with Gasteiger partial charge in [-0.3, -0.25) is 0 Å². The zero-order valence-corrected chi connectivity index (χ0v) is 42.1. The van der Waals surface area contributed by atoms with Crippen molar-refractivity contribution in [2.24, 2.45) is 0 Å². The van der Waals surface area contributed by atoms with E-state index in [1.807, 2.05) is 0 Å². The number of nitrogens with zero attached hydrogens (tertiary/aromatic N) is 2. The van der Waals surface area contributed by atoms with Crippen molar-refractivity contribution in [1.82, 2.24) is 4.57 Å². The minimum atomic E-state index is -0.528. The Labute approximate surface area is 442 Å². The van der Waals surface area contributed by atoms with Crippen LogP contribution >= 0.6 is 0 Å². The standard InChI is InChI=1S/C74H48N2/c1-45-27-37-70-60(39-45)61-40-46(2)41-69-72(61)76(70)71-38-31-50(43-68(71)74(69)65-25-13-7-19-56(65)57-20-8-14-26-66(57)74)48-28-32-51(33-29-48)75(52-34-30-47-15-3-4-16-49(47)42-52)53-35-36-59-58-21-9-12-24-64(58)73(67(59)44-53)62-22-10-5-17-54(62)55-18-6-11-23-63(55)73/h3-44H,1-2H3. The predicted molar refractivity (Wildman–Crippen MR) is 315 cm³/mol. The topological polar surface area (TPSA) is 8.17 Å². The summed E-state index contributed by atoms with van der Waals surface area (Å²) in [5, 5.41) is 5.06. The summed E-state index contributed by atoms with van der Waals surface area (Å²) in [4.78, 5) is 2.47. The molecule has 354 valence electrons. The summed E-state index contributed by atoms with van der Waals surface area (Å²) < 4.78 is 2.57. The molecule has 0 atom stereocenters. The fourth-order valence-electron chi connectivity index (χ4n) is 14.9. The van der Waals surface area contributed by atoms with E-state index in [0.29, 0.717) is 0 Å². The summed E-state index contributed by atoms with van der Waals surface area (Å²) in [5.41, 5.74) is 29.6. The average Bonchev–Trinajstić information content (AvgIpc) is 4.29. The summed E-state index contributed by atoms with van der Waals surface area (Å²) >= 11 is 0. The lowest BCUT2D eigenvalue weighted by molar-refractivity contribution is 0.748. The molecule has 2 spiro atoms. The molecular formula is C74H48N2. The number of aryl methyl sites for hydroxylation is 2. The second-order valence-corrected chi connectivity index (χ2v) is 21.7. The molecule has 0 unspecified atom stereocenters. The minimum Gasteiger partial charge on any atom is -0.310 e. The van der Waals surface area contributed by atoms with Gasteiger partial charge in [0, 0.05) is 27.8 Å². The number of benzene rings is 12. The SMILES string of the molecule is Cc1ccc2c(c1)c1cc(C)cc3c1n2-c1ccc(-c2ccc(N(c4ccc5c(c4)C4(c6ccccc6-c6ccccc64)c4ccccc4-5)c4ccc5ccccc5c4)cc2)cc1C31c2ccccc2-c2ccccc21. The van der Waals surface area contributed by atoms with Crippen molar-refractivity contribution < 1.29 is 0 Å². The number of anilines is 3. The Balaban J connectivity index is 0.869. The summed E-state index contributed by atoms with van der Waals surface area (Å²) in [6, 6.07) is 97.0. The highest BCUT2D eigenvalue weighted by Crippen LogP contribution is 2.64. The first kappa shape index (κ1) is 41.9. The van der Waals surface area contributed by atoms with Gasteiger partial charge in [0.05, 0.1) is 27.6 Å². The van der Waals surface area contributed by atoms with E-state index in [2.05, 4.69) is 278 Å². The summed E-state index contributed by atoms with van der Waals surface area (Å²) in [7, 11) is 0. The summed E-state index contributed by atoms with van der Waals surface area (Å²) in [5.74, 6) is 0. The van der Waals surface area contributed by atoms with Crippen LogP contribution in [0.4, 0.5) is 17.1 Å². The summed E-state index contributed by atoms with van der Waals surface area (Å²) in [6.07, 6.45) is 0. The molecule has 0 radical (unpaired) electrons. The monoisotopic (exact) mass is 964 g/mol. The van der Waals surface area contributed by atoms with Crippen molar-refractivity contribution in [2.45, 2.75) is 24.7 Å². The molecule has 76 heavy (non-hydrogen) atoms. The molecule has 0 N–H and O–H groups in total. The molecule has 4 aliphatic rings. The highest BCUT2D eigenvalue weighted by Gasteiger charge is 2.53. The molecule has 0 saturated carbocycles. The number of hydrogen-bond donors (Lipinski definition) is 0. The molecule has 2 heterocycles. The van der Waals surface area contributed by atoms with Crippen LogP contribution in [0.3, 0.4) is 0 Å². The van der Waals surface area contributed by atoms with Crippen LogP contribution in [0.25, 0.3) is 82.8 Å². The van der Waals surface area contributed by atoms with E-state index in [9.17, 15) is 0 Å². The first-order valence-electron chi connectivity index (χ1n) is 26.7. The Morgan fingerprint density at radius 1 is 0.303 bits per heavy atom. The van der Waals surface area contributed by atoms with E-state index < -0.39 is 10.8 Å². The highest BCUT2D eigenvalue weighted by molar-refractivity contribution is 6.13. The van der Waals surface area contributed by atoms with Crippen molar-refractivity contribution in [3.8, 4) is 50.2 Å². The number of aromatic nitrogens is 1. The molecule has 1 aromatic heterocycles. The van der Waals surface area contributed by atoms with Crippen LogP contribution < -0.4 is 4.90 Å². The zero-order chi connectivity index (χ0) is 50.0. The maximum Gasteiger partial charge on any atom is 0.0754 e. The van der Waals surface area contributed by atoms with Crippen molar-refractivity contribution in [1.29, 1.82) is 0 Å². The molecule has 3 aliphatic carbocycles.